The smallest absolute Gasteiger partial charge is 0.230 e. The molecule has 1 atom stereocenters. The summed E-state index contributed by atoms with van der Waals surface area (Å²) in [7, 11) is 0. The lowest BCUT2D eigenvalue weighted by atomic mass is 9.98. The third kappa shape index (κ3) is 2.72. The number of carbonyl (C=O) groups is 1. The van der Waals surface area contributed by atoms with Crippen LogP contribution in [0.5, 0.6) is 0 Å². The molecule has 1 saturated heterocycles. The predicted octanol–water partition coefficient (Wildman–Crippen LogP) is 1.94. The number of fused-ring (bicyclic) bond motifs is 1. The molecule has 4 heteroatoms. The molecule has 0 bridgehead atoms. The van der Waals surface area contributed by atoms with Crippen molar-refractivity contribution >= 4 is 11.6 Å². The van der Waals surface area contributed by atoms with Gasteiger partial charge in [0.15, 0.2) is 0 Å². The van der Waals surface area contributed by atoms with Crippen molar-refractivity contribution in [2.45, 2.75) is 32.4 Å². The Balaban J connectivity index is 1.87. The minimum absolute atomic E-state index is 0.113. The molecule has 4 nitrogen and oxygen atoms in total. The van der Waals surface area contributed by atoms with Gasteiger partial charge in [0.1, 0.15) is 0 Å². The summed E-state index contributed by atoms with van der Waals surface area (Å²) >= 11 is 0. The fraction of sp³-hybridized carbons (Fsp3) is 0.562. The molecule has 1 N–H and O–H groups in total. The van der Waals surface area contributed by atoms with Crippen molar-refractivity contribution < 1.29 is 9.53 Å². The van der Waals surface area contributed by atoms with Crippen molar-refractivity contribution in [3.63, 3.8) is 0 Å². The maximum Gasteiger partial charge on any atom is 0.230 e. The lowest BCUT2D eigenvalue weighted by Crippen LogP contribution is -2.43. The summed E-state index contributed by atoms with van der Waals surface area (Å²) in [6, 6.07) is 8.52. The molecular weight excluding hydrogens is 252 g/mol. The number of hydrogen-bond acceptors (Lipinski definition) is 3. The van der Waals surface area contributed by atoms with E-state index < -0.39 is 0 Å². The number of benzene rings is 1. The van der Waals surface area contributed by atoms with E-state index in [1.165, 1.54) is 5.56 Å². The summed E-state index contributed by atoms with van der Waals surface area (Å²) in [6.45, 7) is 5.12. The topological polar surface area (TPSA) is 41.6 Å². The molecule has 2 aliphatic heterocycles. The third-order valence-corrected chi connectivity index (χ3v) is 4.22. The average molecular weight is 274 g/mol. The Labute approximate surface area is 120 Å². The lowest BCUT2D eigenvalue weighted by Gasteiger charge is -2.30. The first-order valence-corrected chi connectivity index (χ1v) is 7.46. The predicted molar refractivity (Wildman–Crippen MR) is 78.6 cm³/mol. The summed E-state index contributed by atoms with van der Waals surface area (Å²) in [6.07, 6.45) is 1.69. The number of carbonyl (C=O) groups excluding carboxylic acids is 1. The van der Waals surface area contributed by atoms with Gasteiger partial charge < -0.3 is 15.0 Å². The molecule has 0 radical (unpaired) electrons. The summed E-state index contributed by atoms with van der Waals surface area (Å²) in [5.74, 6) is 0.374. The van der Waals surface area contributed by atoms with Gasteiger partial charge in [0.25, 0.3) is 0 Å². The van der Waals surface area contributed by atoms with Crippen molar-refractivity contribution in [1.29, 1.82) is 0 Å². The first-order chi connectivity index (χ1) is 9.75. The molecule has 20 heavy (non-hydrogen) atoms. The average Bonchev–Trinajstić information content (AvgIpc) is 2.67. The lowest BCUT2D eigenvalue weighted by molar-refractivity contribution is -0.125. The van der Waals surface area contributed by atoms with Crippen LogP contribution < -0.4 is 10.2 Å². The summed E-state index contributed by atoms with van der Waals surface area (Å²) < 4.78 is 5.37. The van der Waals surface area contributed by atoms with E-state index in [9.17, 15) is 4.79 Å². The van der Waals surface area contributed by atoms with Crippen LogP contribution >= 0.6 is 0 Å². The van der Waals surface area contributed by atoms with Gasteiger partial charge in [-0.2, -0.15) is 0 Å². The second kappa shape index (κ2) is 5.94. The highest BCUT2D eigenvalue weighted by atomic mass is 16.5. The van der Waals surface area contributed by atoms with Gasteiger partial charge in [-0.1, -0.05) is 18.2 Å². The monoisotopic (exact) mass is 274 g/mol. The first-order valence-electron chi connectivity index (χ1n) is 7.46. The van der Waals surface area contributed by atoms with Gasteiger partial charge in [0.05, 0.1) is 0 Å². The number of ether oxygens (including phenoxy) is 1. The van der Waals surface area contributed by atoms with Gasteiger partial charge in [-0.05, 0) is 31.4 Å². The SMILES string of the molecule is CC1CN(C(=O)C2CCOCC2)c2ccccc2CN1. The number of amides is 1. The number of nitrogens with zero attached hydrogens (tertiary/aromatic N) is 1. The van der Waals surface area contributed by atoms with Crippen LogP contribution in [0.15, 0.2) is 24.3 Å². The molecule has 0 aromatic heterocycles. The fourth-order valence-corrected chi connectivity index (χ4v) is 3.02. The standard InChI is InChI=1S/C16H22N2O2/c1-12-11-18(16(19)13-6-8-20-9-7-13)15-5-3-2-4-14(15)10-17-12/h2-5,12-13,17H,6-11H2,1H3. The zero-order chi connectivity index (χ0) is 13.9. The largest absolute Gasteiger partial charge is 0.381 e. The van der Waals surface area contributed by atoms with Crippen LogP contribution in [0.2, 0.25) is 0 Å². The second-order valence-electron chi connectivity index (χ2n) is 5.75. The molecule has 1 unspecified atom stereocenters. The van der Waals surface area contributed by atoms with Crippen LogP contribution in [-0.2, 0) is 16.1 Å². The molecule has 1 aromatic carbocycles. The van der Waals surface area contributed by atoms with Crippen LogP contribution in [0.3, 0.4) is 0 Å². The van der Waals surface area contributed by atoms with Crippen LogP contribution in [0.4, 0.5) is 5.69 Å². The fourth-order valence-electron chi connectivity index (χ4n) is 3.02. The summed E-state index contributed by atoms with van der Waals surface area (Å²) in [5.41, 5.74) is 2.28. The van der Waals surface area contributed by atoms with Crippen molar-refractivity contribution in [1.82, 2.24) is 5.32 Å². The molecular formula is C16H22N2O2. The minimum atomic E-state index is 0.113. The maximum atomic E-state index is 12.9. The number of nitrogens with one attached hydrogen (secondary N) is 1. The zero-order valence-electron chi connectivity index (χ0n) is 12.0. The molecule has 0 aliphatic carbocycles. The van der Waals surface area contributed by atoms with E-state index in [-0.39, 0.29) is 11.8 Å². The number of anilines is 1. The van der Waals surface area contributed by atoms with Crippen molar-refractivity contribution in [3.05, 3.63) is 29.8 Å². The molecule has 0 spiro atoms. The highest BCUT2D eigenvalue weighted by molar-refractivity contribution is 5.96. The second-order valence-corrected chi connectivity index (χ2v) is 5.75. The summed E-state index contributed by atoms with van der Waals surface area (Å²) in [4.78, 5) is 14.8. The Hall–Kier alpha value is -1.39. The van der Waals surface area contributed by atoms with Gasteiger partial charge in [-0.25, -0.2) is 0 Å². The van der Waals surface area contributed by atoms with Crippen LogP contribution in [0.1, 0.15) is 25.3 Å². The van der Waals surface area contributed by atoms with E-state index in [4.69, 9.17) is 4.74 Å². The Morgan fingerprint density at radius 1 is 1.30 bits per heavy atom. The normalized spacial score (nSPS) is 24.1. The quantitative estimate of drug-likeness (QED) is 0.851. The molecule has 108 valence electrons. The van der Waals surface area contributed by atoms with Gasteiger partial charge in [-0.15, -0.1) is 0 Å². The van der Waals surface area contributed by atoms with E-state index in [0.717, 1.165) is 31.6 Å². The maximum absolute atomic E-state index is 12.9. The van der Waals surface area contributed by atoms with E-state index >= 15 is 0 Å². The van der Waals surface area contributed by atoms with Gasteiger partial charge in [0, 0.05) is 44.0 Å². The Kier molecular flexibility index (Phi) is 4.03. The van der Waals surface area contributed by atoms with Crippen LogP contribution in [0.25, 0.3) is 0 Å². The molecule has 1 fully saturated rings. The first kappa shape index (κ1) is 13.6. The van der Waals surface area contributed by atoms with Gasteiger partial charge in [-0.3, -0.25) is 4.79 Å². The van der Waals surface area contributed by atoms with Gasteiger partial charge >= 0.3 is 0 Å². The minimum Gasteiger partial charge on any atom is -0.381 e. The van der Waals surface area contributed by atoms with E-state index in [2.05, 4.69) is 24.4 Å². The summed E-state index contributed by atoms with van der Waals surface area (Å²) in [5, 5.41) is 3.47. The number of para-hydroxylation sites is 1. The molecule has 3 rings (SSSR count). The number of rotatable bonds is 1. The van der Waals surface area contributed by atoms with Crippen LogP contribution in [-0.4, -0.2) is 31.7 Å². The Morgan fingerprint density at radius 2 is 2.05 bits per heavy atom. The van der Waals surface area contributed by atoms with Crippen molar-refractivity contribution in [2.24, 2.45) is 5.92 Å². The third-order valence-electron chi connectivity index (χ3n) is 4.22. The number of hydrogen-bond donors (Lipinski definition) is 1. The molecule has 1 aromatic rings. The molecule has 2 heterocycles. The highest BCUT2D eigenvalue weighted by Crippen LogP contribution is 2.27. The Morgan fingerprint density at radius 3 is 2.85 bits per heavy atom. The van der Waals surface area contributed by atoms with E-state index in [1.807, 2.05) is 17.0 Å². The van der Waals surface area contributed by atoms with Crippen molar-refractivity contribution in [2.75, 3.05) is 24.7 Å². The highest BCUT2D eigenvalue weighted by Gasteiger charge is 2.30. The van der Waals surface area contributed by atoms with E-state index in [0.29, 0.717) is 19.3 Å². The Bertz CT molecular complexity index is 483. The van der Waals surface area contributed by atoms with Crippen LogP contribution in [0, 0.1) is 5.92 Å². The van der Waals surface area contributed by atoms with Crippen molar-refractivity contribution in [3.8, 4) is 0 Å². The molecule has 1 amide bonds. The zero-order valence-corrected chi connectivity index (χ0v) is 12.0. The van der Waals surface area contributed by atoms with Gasteiger partial charge in [0.2, 0.25) is 5.91 Å². The van der Waals surface area contributed by atoms with E-state index in [1.54, 1.807) is 0 Å². The molecule has 2 aliphatic rings. The molecule has 0 saturated carbocycles.